The fraction of sp³-hybridized carbons (Fsp3) is 0.400. The van der Waals surface area contributed by atoms with Gasteiger partial charge in [0.1, 0.15) is 12.4 Å². The molecule has 0 saturated heterocycles. The van der Waals surface area contributed by atoms with Crippen LogP contribution in [0.5, 0.6) is 5.75 Å². The van der Waals surface area contributed by atoms with Crippen LogP contribution in [-0.4, -0.2) is 5.16 Å². The van der Waals surface area contributed by atoms with E-state index < -0.39 is 0 Å². The Bertz CT molecular complexity index is 577. The van der Waals surface area contributed by atoms with Crippen LogP contribution in [-0.2, 0) is 13.0 Å². The van der Waals surface area contributed by atoms with Crippen molar-refractivity contribution in [1.82, 2.24) is 5.16 Å². The molecule has 0 amide bonds. The maximum atomic E-state index is 6.14. The molecule has 1 aromatic heterocycles. The fourth-order valence-corrected chi connectivity index (χ4v) is 2.54. The van der Waals surface area contributed by atoms with Crippen molar-refractivity contribution in [2.45, 2.75) is 38.8 Å². The molecule has 0 spiro atoms. The molecule has 3 rings (SSSR count). The quantitative estimate of drug-likeness (QED) is 0.919. The molecule has 0 bridgehead atoms. The minimum Gasteiger partial charge on any atom is -0.486 e. The zero-order chi connectivity index (χ0) is 13.2. The third-order valence-electron chi connectivity index (χ3n) is 3.54. The molecule has 0 radical (unpaired) electrons. The largest absolute Gasteiger partial charge is 0.486 e. The summed E-state index contributed by atoms with van der Waals surface area (Å²) in [5.41, 5.74) is 9.58. The van der Waals surface area contributed by atoms with E-state index in [0.717, 1.165) is 30.0 Å². The highest BCUT2D eigenvalue weighted by Gasteiger charge is 2.17. The molecule has 1 heterocycles. The second-order valence-electron chi connectivity index (χ2n) is 5.08. The van der Waals surface area contributed by atoms with Crippen LogP contribution in [0.4, 0.5) is 0 Å². The molecule has 0 unspecified atom stereocenters. The van der Waals surface area contributed by atoms with Crippen molar-refractivity contribution in [3.8, 4) is 5.75 Å². The number of aryl methyl sites for hydroxylation is 2. The topological polar surface area (TPSA) is 61.3 Å². The summed E-state index contributed by atoms with van der Waals surface area (Å²) in [5.74, 6) is 1.57. The van der Waals surface area contributed by atoms with Gasteiger partial charge in [-0.3, -0.25) is 0 Å². The first kappa shape index (κ1) is 12.2. The van der Waals surface area contributed by atoms with E-state index in [-0.39, 0.29) is 6.04 Å². The van der Waals surface area contributed by atoms with E-state index in [4.69, 9.17) is 15.0 Å². The van der Waals surface area contributed by atoms with Gasteiger partial charge in [-0.2, -0.15) is 0 Å². The molecule has 100 valence electrons. The van der Waals surface area contributed by atoms with Gasteiger partial charge in [0.2, 0.25) is 0 Å². The number of hydrogen-bond acceptors (Lipinski definition) is 4. The average molecular weight is 258 g/mol. The lowest BCUT2D eigenvalue weighted by molar-refractivity contribution is 0.248. The Kier molecular flexibility index (Phi) is 3.25. The number of rotatable bonds is 3. The molecule has 4 heteroatoms. The maximum absolute atomic E-state index is 6.14. The lowest BCUT2D eigenvalue weighted by Crippen LogP contribution is -2.17. The molecule has 0 saturated carbocycles. The Morgan fingerprint density at radius 1 is 1.42 bits per heavy atom. The van der Waals surface area contributed by atoms with Crippen molar-refractivity contribution in [2.24, 2.45) is 5.73 Å². The second kappa shape index (κ2) is 5.05. The molecular weight excluding hydrogens is 240 g/mol. The second-order valence-corrected chi connectivity index (χ2v) is 5.08. The maximum Gasteiger partial charge on any atom is 0.174 e. The molecule has 4 nitrogen and oxygen atoms in total. The normalized spacial score (nSPS) is 18.1. The summed E-state index contributed by atoms with van der Waals surface area (Å²) in [5, 5.41) is 3.84. The molecule has 0 aliphatic heterocycles. The molecule has 1 aromatic carbocycles. The van der Waals surface area contributed by atoms with Crippen molar-refractivity contribution in [3.05, 3.63) is 46.8 Å². The zero-order valence-corrected chi connectivity index (χ0v) is 11.1. The summed E-state index contributed by atoms with van der Waals surface area (Å²) >= 11 is 0. The highest BCUT2D eigenvalue weighted by atomic mass is 16.5. The van der Waals surface area contributed by atoms with Gasteiger partial charge >= 0.3 is 0 Å². The first-order valence-electron chi connectivity index (χ1n) is 6.66. The first-order chi connectivity index (χ1) is 9.22. The third kappa shape index (κ3) is 2.63. The fourth-order valence-electron chi connectivity index (χ4n) is 2.54. The van der Waals surface area contributed by atoms with Crippen LogP contribution in [0, 0.1) is 6.92 Å². The summed E-state index contributed by atoms with van der Waals surface area (Å²) < 4.78 is 10.9. The van der Waals surface area contributed by atoms with Crippen molar-refractivity contribution >= 4 is 0 Å². The number of ether oxygens (including phenoxy) is 1. The predicted octanol–water partition coefficient (Wildman–Crippen LogP) is 2.90. The molecule has 0 fully saturated rings. The Balaban J connectivity index is 1.73. The Morgan fingerprint density at radius 3 is 3.11 bits per heavy atom. The van der Waals surface area contributed by atoms with Gasteiger partial charge < -0.3 is 15.0 Å². The van der Waals surface area contributed by atoms with E-state index in [1.54, 1.807) is 0 Å². The van der Waals surface area contributed by atoms with Crippen LogP contribution < -0.4 is 10.5 Å². The van der Waals surface area contributed by atoms with E-state index in [1.165, 1.54) is 17.5 Å². The van der Waals surface area contributed by atoms with Gasteiger partial charge in [-0.15, -0.1) is 0 Å². The zero-order valence-electron chi connectivity index (χ0n) is 11.1. The van der Waals surface area contributed by atoms with Crippen LogP contribution in [0.25, 0.3) is 0 Å². The van der Waals surface area contributed by atoms with Crippen LogP contribution in [0.2, 0.25) is 0 Å². The number of nitrogens with two attached hydrogens (primary N) is 1. The molecule has 19 heavy (non-hydrogen) atoms. The van der Waals surface area contributed by atoms with Gasteiger partial charge in [0, 0.05) is 12.1 Å². The highest BCUT2D eigenvalue weighted by Crippen LogP contribution is 2.31. The monoisotopic (exact) mass is 258 g/mol. The Labute approximate surface area is 112 Å². The average Bonchev–Trinajstić information content (AvgIpc) is 2.83. The Hall–Kier alpha value is -1.81. The molecule has 2 N–H and O–H groups in total. The first-order valence-corrected chi connectivity index (χ1v) is 6.66. The number of fused-ring (bicyclic) bond motifs is 1. The predicted molar refractivity (Wildman–Crippen MR) is 71.9 cm³/mol. The molecule has 1 atom stereocenters. The van der Waals surface area contributed by atoms with Crippen molar-refractivity contribution in [1.29, 1.82) is 0 Å². The van der Waals surface area contributed by atoms with Crippen molar-refractivity contribution < 1.29 is 9.26 Å². The summed E-state index contributed by atoms with van der Waals surface area (Å²) in [4.78, 5) is 0. The SMILES string of the molecule is Cc1cc(COc2ccc3c(c2)[C@H](N)CCC3)on1. The van der Waals surface area contributed by atoms with E-state index in [1.807, 2.05) is 19.1 Å². The standard InChI is InChI=1S/C15H18N2O2/c1-10-7-13(19-17-10)9-18-12-6-5-11-3-2-4-15(16)14(11)8-12/h5-8,15H,2-4,9,16H2,1H3/t15-/m1/s1. The molecule has 2 aromatic rings. The molecular formula is C15H18N2O2. The van der Waals surface area contributed by atoms with Crippen LogP contribution in [0.1, 0.15) is 41.5 Å². The van der Waals surface area contributed by atoms with E-state index in [2.05, 4.69) is 17.3 Å². The summed E-state index contributed by atoms with van der Waals surface area (Å²) in [6, 6.07) is 8.20. The van der Waals surface area contributed by atoms with Gasteiger partial charge in [0.25, 0.3) is 0 Å². The van der Waals surface area contributed by atoms with Gasteiger partial charge in [0.15, 0.2) is 5.76 Å². The lowest BCUT2D eigenvalue weighted by Gasteiger charge is -2.22. The number of benzene rings is 1. The van der Waals surface area contributed by atoms with E-state index in [9.17, 15) is 0 Å². The molecule has 1 aliphatic carbocycles. The minimum absolute atomic E-state index is 0.139. The highest BCUT2D eigenvalue weighted by molar-refractivity contribution is 5.39. The molecule has 1 aliphatic rings. The van der Waals surface area contributed by atoms with Crippen LogP contribution in [0.15, 0.2) is 28.8 Å². The van der Waals surface area contributed by atoms with Gasteiger partial charge in [-0.25, -0.2) is 0 Å². The van der Waals surface area contributed by atoms with Gasteiger partial charge in [-0.1, -0.05) is 11.2 Å². The van der Waals surface area contributed by atoms with Crippen LogP contribution >= 0.6 is 0 Å². The van der Waals surface area contributed by atoms with E-state index >= 15 is 0 Å². The number of hydrogen-bond donors (Lipinski definition) is 1. The minimum atomic E-state index is 0.139. The lowest BCUT2D eigenvalue weighted by atomic mass is 9.88. The van der Waals surface area contributed by atoms with Gasteiger partial charge in [0.05, 0.1) is 5.69 Å². The summed E-state index contributed by atoms with van der Waals surface area (Å²) in [6.45, 7) is 2.29. The van der Waals surface area contributed by atoms with Crippen LogP contribution in [0.3, 0.4) is 0 Å². The van der Waals surface area contributed by atoms with Crippen molar-refractivity contribution in [3.63, 3.8) is 0 Å². The number of aromatic nitrogens is 1. The summed E-state index contributed by atoms with van der Waals surface area (Å²) in [7, 11) is 0. The smallest absolute Gasteiger partial charge is 0.174 e. The Morgan fingerprint density at radius 2 is 2.32 bits per heavy atom. The van der Waals surface area contributed by atoms with Crippen molar-refractivity contribution in [2.75, 3.05) is 0 Å². The van der Waals surface area contributed by atoms with E-state index in [0.29, 0.717) is 6.61 Å². The van der Waals surface area contributed by atoms with Gasteiger partial charge in [-0.05, 0) is 49.4 Å². The number of nitrogens with zero attached hydrogens (tertiary/aromatic N) is 1. The summed E-state index contributed by atoms with van der Waals surface area (Å²) in [6.07, 6.45) is 3.34. The third-order valence-corrected chi connectivity index (χ3v) is 3.54.